The molecule has 2 rings (SSSR count). The standard InChI is InChI=1S/C12H17NO3S/c1-17(14,15)11-5-3-10(4-6-11)12-9-13-7-2-8-16-12/h3-6,12-13H,2,7-9H2,1H3. The van der Waals surface area contributed by atoms with Gasteiger partial charge in [-0.2, -0.15) is 0 Å². The molecule has 0 spiro atoms. The van der Waals surface area contributed by atoms with Gasteiger partial charge in [-0.3, -0.25) is 0 Å². The molecule has 5 heteroatoms. The molecule has 0 amide bonds. The number of hydrogen-bond donors (Lipinski definition) is 1. The first-order valence-corrected chi connectivity index (χ1v) is 7.59. The Hall–Kier alpha value is -0.910. The summed E-state index contributed by atoms with van der Waals surface area (Å²) in [5.74, 6) is 0. The molecule has 1 aliphatic rings. The summed E-state index contributed by atoms with van der Waals surface area (Å²) in [5.41, 5.74) is 1.02. The van der Waals surface area contributed by atoms with Gasteiger partial charge in [0.15, 0.2) is 9.84 Å². The second-order valence-corrected chi connectivity index (χ2v) is 6.27. The van der Waals surface area contributed by atoms with Crippen LogP contribution in [-0.2, 0) is 14.6 Å². The van der Waals surface area contributed by atoms with E-state index in [1.165, 1.54) is 6.26 Å². The fraction of sp³-hybridized carbons (Fsp3) is 0.500. The molecule has 1 saturated heterocycles. The summed E-state index contributed by atoms with van der Waals surface area (Å²) in [6.45, 7) is 2.49. The topological polar surface area (TPSA) is 55.4 Å². The quantitative estimate of drug-likeness (QED) is 0.861. The lowest BCUT2D eigenvalue weighted by atomic mass is 10.1. The minimum Gasteiger partial charge on any atom is -0.372 e. The molecule has 1 fully saturated rings. The highest BCUT2D eigenvalue weighted by Gasteiger charge is 2.15. The van der Waals surface area contributed by atoms with Gasteiger partial charge in [-0.05, 0) is 30.7 Å². The van der Waals surface area contributed by atoms with Crippen LogP contribution < -0.4 is 5.32 Å². The maximum atomic E-state index is 11.3. The number of benzene rings is 1. The van der Waals surface area contributed by atoms with Gasteiger partial charge < -0.3 is 10.1 Å². The summed E-state index contributed by atoms with van der Waals surface area (Å²) in [6.07, 6.45) is 2.25. The highest BCUT2D eigenvalue weighted by atomic mass is 32.2. The molecule has 0 radical (unpaired) electrons. The van der Waals surface area contributed by atoms with Crippen molar-refractivity contribution < 1.29 is 13.2 Å². The molecule has 4 nitrogen and oxygen atoms in total. The van der Waals surface area contributed by atoms with E-state index in [9.17, 15) is 8.42 Å². The van der Waals surface area contributed by atoms with E-state index in [4.69, 9.17) is 4.74 Å². The van der Waals surface area contributed by atoms with E-state index in [1.807, 2.05) is 12.1 Å². The fourth-order valence-electron chi connectivity index (χ4n) is 1.86. The van der Waals surface area contributed by atoms with Crippen molar-refractivity contribution in [3.05, 3.63) is 29.8 Å². The molecule has 1 aromatic carbocycles. The molecule has 1 aliphatic heterocycles. The van der Waals surface area contributed by atoms with Gasteiger partial charge in [0.1, 0.15) is 0 Å². The number of rotatable bonds is 2. The second-order valence-electron chi connectivity index (χ2n) is 4.26. The van der Waals surface area contributed by atoms with Crippen molar-refractivity contribution in [2.75, 3.05) is 26.0 Å². The minimum absolute atomic E-state index is 0.0195. The van der Waals surface area contributed by atoms with Crippen LogP contribution in [0.5, 0.6) is 0 Å². The normalized spacial score (nSPS) is 22.1. The predicted molar refractivity (Wildman–Crippen MR) is 65.7 cm³/mol. The summed E-state index contributed by atoms with van der Waals surface area (Å²) in [7, 11) is -3.11. The van der Waals surface area contributed by atoms with E-state index in [0.29, 0.717) is 4.90 Å². The van der Waals surface area contributed by atoms with Gasteiger partial charge in [-0.15, -0.1) is 0 Å². The predicted octanol–water partition coefficient (Wildman–Crippen LogP) is 1.14. The summed E-state index contributed by atoms with van der Waals surface area (Å²) < 4.78 is 28.4. The molecule has 1 aromatic rings. The Kier molecular flexibility index (Phi) is 3.81. The SMILES string of the molecule is CS(=O)(=O)c1ccc(C2CNCCCO2)cc1. The van der Waals surface area contributed by atoms with E-state index in [0.717, 1.165) is 31.7 Å². The molecule has 0 saturated carbocycles. The van der Waals surface area contributed by atoms with Crippen LogP contribution in [0.2, 0.25) is 0 Å². The smallest absolute Gasteiger partial charge is 0.175 e. The van der Waals surface area contributed by atoms with Gasteiger partial charge in [0.2, 0.25) is 0 Å². The molecule has 94 valence electrons. The summed E-state index contributed by atoms with van der Waals surface area (Å²) in [5, 5.41) is 3.30. The van der Waals surface area contributed by atoms with Crippen LogP contribution in [0.3, 0.4) is 0 Å². The van der Waals surface area contributed by atoms with Crippen molar-refractivity contribution >= 4 is 9.84 Å². The number of hydrogen-bond acceptors (Lipinski definition) is 4. The Balaban J connectivity index is 2.17. The molecule has 17 heavy (non-hydrogen) atoms. The number of ether oxygens (including phenoxy) is 1. The van der Waals surface area contributed by atoms with Crippen LogP contribution in [0.4, 0.5) is 0 Å². The van der Waals surface area contributed by atoms with Crippen LogP contribution in [0.1, 0.15) is 18.1 Å². The van der Waals surface area contributed by atoms with E-state index in [-0.39, 0.29) is 6.10 Å². The number of nitrogens with one attached hydrogen (secondary N) is 1. The van der Waals surface area contributed by atoms with Gasteiger partial charge in [0, 0.05) is 19.4 Å². The van der Waals surface area contributed by atoms with Gasteiger partial charge in [-0.1, -0.05) is 12.1 Å². The van der Waals surface area contributed by atoms with Crippen LogP contribution in [0.15, 0.2) is 29.2 Å². The average molecular weight is 255 g/mol. The van der Waals surface area contributed by atoms with Crippen LogP contribution in [0, 0.1) is 0 Å². The Morgan fingerprint density at radius 3 is 2.65 bits per heavy atom. The van der Waals surface area contributed by atoms with Crippen molar-refractivity contribution in [1.82, 2.24) is 5.32 Å². The van der Waals surface area contributed by atoms with Crippen molar-refractivity contribution in [2.24, 2.45) is 0 Å². The zero-order valence-corrected chi connectivity index (χ0v) is 10.7. The Morgan fingerprint density at radius 1 is 1.29 bits per heavy atom. The molecule has 0 bridgehead atoms. The maximum Gasteiger partial charge on any atom is 0.175 e. The second kappa shape index (κ2) is 5.16. The van der Waals surface area contributed by atoms with Crippen molar-refractivity contribution in [2.45, 2.75) is 17.4 Å². The number of sulfone groups is 1. The Morgan fingerprint density at radius 2 is 2.00 bits per heavy atom. The van der Waals surface area contributed by atoms with E-state index >= 15 is 0 Å². The van der Waals surface area contributed by atoms with Gasteiger partial charge in [-0.25, -0.2) is 8.42 Å². The third kappa shape index (κ3) is 3.28. The molecule has 0 aromatic heterocycles. The molecule has 1 unspecified atom stereocenters. The van der Waals surface area contributed by atoms with Crippen molar-refractivity contribution in [3.63, 3.8) is 0 Å². The third-order valence-corrected chi connectivity index (χ3v) is 3.96. The van der Waals surface area contributed by atoms with Crippen molar-refractivity contribution in [1.29, 1.82) is 0 Å². The molecule has 1 N–H and O–H groups in total. The van der Waals surface area contributed by atoms with Gasteiger partial charge >= 0.3 is 0 Å². The van der Waals surface area contributed by atoms with Gasteiger partial charge in [0.05, 0.1) is 11.0 Å². The Bertz CT molecular complexity index is 459. The van der Waals surface area contributed by atoms with E-state index in [2.05, 4.69) is 5.32 Å². The lowest BCUT2D eigenvalue weighted by Gasteiger charge is -2.15. The lowest BCUT2D eigenvalue weighted by Crippen LogP contribution is -2.20. The zero-order valence-electron chi connectivity index (χ0n) is 9.85. The van der Waals surface area contributed by atoms with E-state index < -0.39 is 9.84 Å². The average Bonchev–Trinajstić information content (AvgIpc) is 2.56. The first kappa shape index (κ1) is 12.5. The molecule has 1 heterocycles. The minimum atomic E-state index is -3.11. The first-order chi connectivity index (χ1) is 8.07. The molecular formula is C12H17NO3S. The monoisotopic (exact) mass is 255 g/mol. The summed E-state index contributed by atoms with van der Waals surface area (Å²) in [4.78, 5) is 0.350. The fourth-order valence-corrected chi connectivity index (χ4v) is 2.49. The van der Waals surface area contributed by atoms with Gasteiger partial charge in [0.25, 0.3) is 0 Å². The maximum absolute atomic E-state index is 11.3. The summed E-state index contributed by atoms with van der Waals surface area (Å²) >= 11 is 0. The molecule has 1 atom stereocenters. The summed E-state index contributed by atoms with van der Waals surface area (Å²) in [6, 6.07) is 6.93. The molecule has 0 aliphatic carbocycles. The molecular weight excluding hydrogens is 238 g/mol. The Labute approximate surface area is 102 Å². The largest absolute Gasteiger partial charge is 0.372 e. The first-order valence-electron chi connectivity index (χ1n) is 5.70. The highest BCUT2D eigenvalue weighted by Crippen LogP contribution is 2.20. The highest BCUT2D eigenvalue weighted by molar-refractivity contribution is 7.90. The van der Waals surface area contributed by atoms with E-state index in [1.54, 1.807) is 12.1 Å². The van der Waals surface area contributed by atoms with Crippen LogP contribution >= 0.6 is 0 Å². The van der Waals surface area contributed by atoms with Crippen molar-refractivity contribution in [3.8, 4) is 0 Å². The third-order valence-electron chi connectivity index (χ3n) is 2.83. The zero-order chi connectivity index (χ0) is 12.3. The van der Waals surface area contributed by atoms with Crippen LogP contribution in [-0.4, -0.2) is 34.4 Å². The van der Waals surface area contributed by atoms with Crippen LogP contribution in [0.25, 0.3) is 0 Å². The lowest BCUT2D eigenvalue weighted by molar-refractivity contribution is 0.0668.